The highest BCUT2D eigenvalue weighted by Crippen LogP contribution is 2.18. The van der Waals surface area contributed by atoms with E-state index in [1.54, 1.807) is 29.2 Å². The van der Waals surface area contributed by atoms with E-state index in [1.165, 1.54) is 12.1 Å². The zero-order chi connectivity index (χ0) is 23.1. The zero-order valence-electron chi connectivity index (χ0n) is 17.9. The van der Waals surface area contributed by atoms with Gasteiger partial charge in [-0.3, -0.25) is 9.59 Å². The van der Waals surface area contributed by atoms with E-state index in [9.17, 15) is 22.4 Å². The second kappa shape index (κ2) is 10.7. The first kappa shape index (κ1) is 23.9. The minimum Gasteiger partial charge on any atom is -0.494 e. The molecule has 0 unspecified atom stereocenters. The van der Waals surface area contributed by atoms with Crippen LogP contribution < -0.4 is 9.46 Å². The Morgan fingerprint density at radius 2 is 1.66 bits per heavy atom. The van der Waals surface area contributed by atoms with Crippen LogP contribution in [-0.4, -0.2) is 50.7 Å². The van der Waals surface area contributed by atoms with Crippen LogP contribution in [0.2, 0.25) is 0 Å². The summed E-state index contributed by atoms with van der Waals surface area (Å²) in [6, 6.07) is 11.2. The van der Waals surface area contributed by atoms with Crippen molar-refractivity contribution in [3.05, 3.63) is 59.9 Å². The van der Waals surface area contributed by atoms with Crippen molar-refractivity contribution in [2.75, 3.05) is 19.7 Å². The summed E-state index contributed by atoms with van der Waals surface area (Å²) in [5, 5.41) is 0. The molecule has 2 aromatic carbocycles. The Bertz CT molecular complexity index is 1030. The SMILES string of the molecule is CCOc1ccc(C(=O)CCC(=O)N2CCC(NS(=O)(=O)c3ccc(F)cc3)CC2)cc1. The van der Waals surface area contributed by atoms with Crippen molar-refractivity contribution >= 4 is 21.7 Å². The van der Waals surface area contributed by atoms with Crippen molar-refractivity contribution in [3.63, 3.8) is 0 Å². The number of carbonyl (C=O) groups excluding carboxylic acids is 2. The molecule has 3 rings (SSSR count). The van der Waals surface area contributed by atoms with E-state index in [0.717, 1.165) is 12.1 Å². The summed E-state index contributed by atoms with van der Waals surface area (Å²) < 4.78 is 45.9. The van der Waals surface area contributed by atoms with Gasteiger partial charge in [-0.25, -0.2) is 17.5 Å². The smallest absolute Gasteiger partial charge is 0.240 e. The van der Waals surface area contributed by atoms with Gasteiger partial charge in [0.15, 0.2) is 5.78 Å². The van der Waals surface area contributed by atoms with Crippen molar-refractivity contribution in [1.82, 2.24) is 9.62 Å². The van der Waals surface area contributed by atoms with E-state index in [2.05, 4.69) is 4.72 Å². The summed E-state index contributed by atoms with van der Waals surface area (Å²) >= 11 is 0. The van der Waals surface area contributed by atoms with E-state index in [-0.39, 0.29) is 35.5 Å². The number of nitrogens with zero attached hydrogens (tertiary/aromatic N) is 1. The third kappa shape index (κ3) is 6.37. The van der Waals surface area contributed by atoms with E-state index >= 15 is 0 Å². The molecule has 1 aliphatic heterocycles. The van der Waals surface area contributed by atoms with Gasteiger partial charge in [-0.2, -0.15) is 0 Å². The van der Waals surface area contributed by atoms with Gasteiger partial charge in [0.1, 0.15) is 11.6 Å². The number of sulfonamides is 1. The van der Waals surface area contributed by atoms with Gasteiger partial charge in [0, 0.05) is 37.5 Å². The van der Waals surface area contributed by atoms with Crippen LogP contribution >= 0.6 is 0 Å². The zero-order valence-corrected chi connectivity index (χ0v) is 18.7. The first-order valence-corrected chi connectivity index (χ1v) is 12.1. The standard InChI is InChI=1S/C23H27FN2O5S/c1-2-31-20-7-3-17(4-8-20)22(27)11-12-23(28)26-15-13-19(14-16-26)25-32(29,30)21-9-5-18(24)6-10-21/h3-10,19,25H,2,11-16H2,1H3. The second-order valence-corrected chi connectivity index (χ2v) is 9.32. The number of hydrogen-bond donors (Lipinski definition) is 1. The van der Waals surface area contributed by atoms with Gasteiger partial charge in [0.05, 0.1) is 11.5 Å². The molecule has 0 saturated carbocycles. The summed E-state index contributed by atoms with van der Waals surface area (Å²) in [6.45, 7) is 3.25. The van der Waals surface area contributed by atoms with Gasteiger partial charge in [-0.15, -0.1) is 0 Å². The molecule has 1 aliphatic rings. The number of carbonyl (C=O) groups is 2. The molecule has 0 aromatic heterocycles. The molecule has 1 amide bonds. The Morgan fingerprint density at radius 1 is 1.03 bits per heavy atom. The quantitative estimate of drug-likeness (QED) is 0.578. The molecule has 0 atom stereocenters. The Morgan fingerprint density at radius 3 is 2.25 bits per heavy atom. The van der Waals surface area contributed by atoms with Crippen molar-refractivity contribution in [1.29, 1.82) is 0 Å². The molecule has 0 spiro atoms. The summed E-state index contributed by atoms with van der Waals surface area (Å²) in [6.07, 6.45) is 1.17. The molecule has 0 bridgehead atoms. The van der Waals surface area contributed by atoms with E-state index in [4.69, 9.17) is 4.74 Å². The molecule has 1 fully saturated rings. The van der Waals surface area contributed by atoms with Gasteiger partial charge in [-0.05, 0) is 68.3 Å². The maximum atomic E-state index is 13.0. The second-order valence-electron chi connectivity index (χ2n) is 7.61. The monoisotopic (exact) mass is 462 g/mol. The summed E-state index contributed by atoms with van der Waals surface area (Å²) in [5.74, 6) is -0.0395. The first-order chi connectivity index (χ1) is 15.3. The average Bonchev–Trinajstić information content (AvgIpc) is 2.78. The van der Waals surface area contributed by atoms with Crippen LogP contribution in [0.1, 0.15) is 43.0 Å². The van der Waals surface area contributed by atoms with E-state index in [1.807, 2.05) is 6.92 Å². The van der Waals surface area contributed by atoms with Gasteiger partial charge in [-0.1, -0.05) is 0 Å². The molecule has 7 nitrogen and oxygen atoms in total. The fraction of sp³-hybridized carbons (Fsp3) is 0.391. The summed E-state index contributed by atoms with van der Waals surface area (Å²) in [5.41, 5.74) is 0.537. The maximum Gasteiger partial charge on any atom is 0.240 e. The van der Waals surface area contributed by atoms with Crippen molar-refractivity contribution in [3.8, 4) is 5.75 Å². The van der Waals surface area contributed by atoms with Crippen LogP contribution in [0.25, 0.3) is 0 Å². The number of amides is 1. The average molecular weight is 463 g/mol. The molecular weight excluding hydrogens is 435 g/mol. The molecule has 172 valence electrons. The number of piperidine rings is 1. The van der Waals surface area contributed by atoms with Crippen LogP contribution in [0.3, 0.4) is 0 Å². The number of rotatable bonds is 9. The fourth-order valence-electron chi connectivity index (χ4n) is 3.57. The number of ether oxygens (including phenoxy) is 1. The lowest BCUT2D eigenvalue weighted by molar-refractivity contribution is -0.132. The number of halogens is 1. The van der Waals surface area contributed by atoms with Gasteiger partial charge >= 0.3 is 0 Å². The lowest BCUT2D eigenvalue weighted by Gasteiger charge is -2.32. The fourth-order valence-corrected chi connectivity index (χ4v) is 4.88. The Hall–Kier alpha value is -2.78. The topological polar surface area (TPSA) is 92.8 Å². The number of nitrogens with one attached hydrogen (secondary N) is 1. The number of likely N-dealkylation sites (tertiary alicyclic amines) is 1. The number of Topliss-reactive ketones (excluding diaryl/α,β-unsaturated/α-hetero) is 1. The van der Waals surface area contributed by atoms with Crippen LogP contribution in [0.5, 0.6) is 5.75 Å². The first-order valence-electron chi connectivity index (χ1n) is 10.6. The maximum absolute atomic E-state index is 13.0. The van der Waals surface area contributed by atoms with Gasteiger partial charge < -0.3 is 9.64 Å². The Kier molecular flexibility index (Phi) is 7.98. The molecule has 0 aliphatic carbocycles. The van der Waals surface area contributed by atoms with Crippen molar-refractivity contribution < 1.29 is 27.1 Å². The van der Waals surface area contributed by atoms with E-state index < -0.39 is 15.8 Å². The third-order valence-electron chi connectivity index (χ3n) is 5.35. The molecule has 1 N–H and O–H groups in total. The molecule has 0 radical (unpaired) electrons. The minimum atomic E-state index is -3.75. The van der Waals surface area contributed by atoms with Crippen LogP contribution in [0.4, 0.5) is 4.39 Å². The van der Waals surface area contributed by atoms with E-state index in [0.29, 0.717) is 43.9 Å². The third-order valence-corrected chi connectivity index (χ3v) is 6.88. The largest absolute Gasteiger partial charge is 0.494 e. The Labute approximate surface area is 187 Å². The minimum absolute atomic E-state index is 0.00482. The Balaban J connectivity index is 1.45. The summed E-state index contributed by atoms with van der Waals surface area (Å²) in [7, 11) is -3.75. The summed E-state index contributed by atoms with van der Waals surface area (Å²) in [4.78, 5) is 26.5. The highest BCUT2D eigenvalue weighted by atomic mass is 32.2. The number of benzene rings is 2. The van der Waals surface area contributed by atoms with Crippen LogP contribution in [0, 0.1) is 5.82 Å². The normalized spacial score (nSPS) is 14.9. The van der Waals surface area contributed by atoms with Crippen LogP contribution in [-0.2, 0) is 14.8 Å². The molecule has 32 heavy (non-hydrogen) atoms. The highest BCUT2D eigenvalue weighted by molar-refractivity contribution is 7.89. The van der Waals surface area contributed by atoms with Crippen molar-refractivity contribution in [2.45, 2.75) is 43.5 Å². The molecule has 9 heteroatoms. The number of hydrogen-bond acceptors (Lipinski definition) is 5. The predicted octanol–water partition coefficient (Wildman–Crippen LogP) is 3.16. The lowest BCUT2D eigenvalue weighted by Crippen LogP contribution is -2.46. The van der Waals surface area contributed by atoms with Crippen molar-refractivity contribution in [2.24, 2.45) is 0 Å². The molecular formula is C23H27FN2O5S. The molecule has 1 heterocycles. The predicted molar refractivity (Wildman–Crippen MR) is 117 cm³/mol. The van der Waals surface area contributed by atoms with Crippen LogP contribution in [0.15, 0.2) is 53.4 Å². The number of ketones is 1. The molecule has 2 aromatic rings. The van der Waals surface area contributed by atoms with Gasteiger partial charge in [0.25, 0.3) is 0 Å². The lowest BCUT2D eigenvalue weighted by atomic mass is 10.0. The van der Waals surface area contributed by atoms with Gasteiger partial charge in [0.2, 0.25) is 15.9 Å². The molecule has 1 saturated heterocycles. The highest BCUT2D eigenvalue weighted by Gasteiger charge is 2.27.